The highest BCUT2D eigenvalue weighted by molar-refractivity contribution is 6.31. The van der Waals surface area contributed by atoms with E-state index >= 15 is 0 Å². The zero-order chi connectivity index (χ0) is 14.7. The van der Waals surface area contributed by atoms with Crippen LogP contribution in [-0.2, 0) is 14.3 Å². The van der Waals surface area contributed by atoms with Gasteiger partial charge in [0.1, 0.15) is 11.9 Å². The van der Waals surface area contributed by atoms with Gasteiger partial charge in [-0.25, -0.2) is 9.78 Å². The molecule has 1 aromatic rings. The second-order valence-corrected chi connectivity index (χ2v) is 4.88. The predicted molar refractivity (Wildman–Crippen MR) is 72.5 cm³/mol. The number of carbonyl (C=O) groups excluding carboxylic acids is 1. The van der Waals surface area contributed by atoms with Gasteiger partial charge in [0.15, 0.2) is 11.8 Å². The number of nitriles is 1. The lowest BCUT2D eigenvalue weighted by Crippen LogP contribution is -2.50. The summed E-state index contributed by atoms with van der Waals surface area (Å²) in [6.45, 7) is 2.77. The van der Waals surface area contributed by atoms with E-state index in [-0.39, 0.29) is 11.8 Å². The van der Waals surface area contributed by atoms with Crippen LogP contribution in [0, 0.1) is 11.3 Å². The summed E-state index contributed by atoms with van der Waals surface area (Å²) < 4.78 is 10.2. The highest BCUT2D eigenvalue weighted by atomic mass is 35.5. The van der Waals surface area contributed by atoms with Crippen LogP contribution in [0.25, 0.3) is 0 Å². The average molecular weight is 296 g/mol. The molecule has 0 radical (unpaired) electrons. The Morgan fingerprint density at radius 2 is 2.35 bits per heavy atom. The Labute approximate surface area is 121 Å². The van der Waals surface area contributed by atoms with Gasteiger partial charge in [-0.3, -0.25) is 0 Å². The lowest BCUT2D eigenvalue weighted by atomic mass is 10.2. The summed E-state index contributed by atoms with van der Waals surface area (Å²) in [4.78, 5) is 17.7. The Balaban J connectivity index is 2.23. The highest BCUT2D eigenvalue weighted by Gasteiger charge is 2.31. The van der Waals surface area contributed by atoms with Crippen LogP contribution in [0.2, 0.25) is 5.02 Å². The van der Waals surface area contributed by atoms with Crippen LogP contribution < -0.4 is 4.90 Å². The van der Waals surface area contributed by atoms with Crippen LogP contribution in [0.4, 0.5) is 5.82 Å². The molecule has 0 bridgehead atoms. The number of carbonyl (C=O) groups is 1. The summed E-state index contributed by atoms with van der Waals surface area (Å²) in [6, 6.07) is 5.28. The van der Waals surface area contributed by atoms with Gasteiger partial charge in [0.05, 0.1) is 24.8 Å². The van der Waals surface area contributed by atoms with Gasteiger partial charge in [0.25, 0.3) is 0 Å². The average Bonchev–Trinajstić information content (AvgIpc) is 2.46. The molecule has 0 aromatic carbocycles. The maximum Gasteiger partial charge on any atom is 0.336 e. The molecule has 2 atom stereocenters. The van der Waals surface area contributed by atoms with Gasteiger partial charge in [-0.2, -0.15) is 5.26 Å². The third-order valence-corrected chi connectivity index (χ3v) is 3.29. The molecule has 1 saturated heterocycles. The molecule has 1 aliphatic heterocycles. The van der Waals surface area contributed by atoms with Crippen molar-refractivity contribution in [3.05, 3.63) is 22.8 Å². The maximum absolute atomic E-state index is 11.6. The van der Waals surface area contributed by atoms with Gasteiger partial charge in [0, 0.05) is 6.54 Å². The Hall–Kier alpha value is -1.84. The van der Waals surface area contributed by atoms with Gasteiger partial charge in [-0.1, -0.05) is 11.6 Å². The van der Waals surface area contributed by atoms with E-state index in [1.54, 1.807) is 12.1 Å². The number of hydrogen-bond acceptors (Lipinski definition) is 6. The molecule has 0 saturated carbocycles. The molecule has 106 valence electrons. The van der Waals surface area contributed by atoms with Crippen molar-refractivity contribution in [1.82, 2.24) is 4.98 Å². The normalized spacial score (nSPS) is 22.2. The molecule has 2 heterocycles. The minimum atomic E-state index is -0.660. The summed E-state index contributed by atoms with van der Waals surface area (Å²) in [6.07, 6.45) is -0.803. The first-order chi connectivity index (χ1) is 9.55. The van der Waals surface area contributed by atoms with Crippen molar-refractivity contribution >= 4 is 23.4 Å². The first-order valence-electron chi connectivity index (χ1n) is 6.10. The molecule has 6 nitrogen and oxygen atoms in total. The van der Waals surface area contributed by atoms with Gasteiger partial charge in [-0.15, -0.1) is 0 Å². The minimum absolute atomic E-state index is 0.143. The monoisotopic (exact) mass is 295 g/mol. The van der Waals surface area contributed by atoms with Crippen LogP contribution >= 0.6 is 11.6 Å². The van der Waals surface area contributed by atoms with E-state index in [0.717, 1.165) is 0 Å². The largest absolute Gasteiger partial charge is 0.467 e. The second kappa shape index (κ2) is 6.07. The van der Waals surface area contributed by atoms with Gasteiger partial charge < -0.3 is 14.4 Å². The zero-order valence-corrected chi connectivity index (χ0v) is 11.9. The molecule has 0 spiro atoms. The van der Waals surface area contributed by atoms with E-state index in [4.69, 9.17) is 26.3 Å². The Morgan fingerprint density at radius 1 is 1.60 bits per heavy atom. The summed E-state index contributed by atoms with van der Waals surface area (Å²) in [5.41, 5.74) is 0.165. The van der Waals surface area contributed by atoms with Crippen molar-refractivity contribution in [2.75, 3.05) is 25.1 Å². The Kier molecular flexibility index (Phi) is 4.42. The first-order valence-corrected chi connectivity index (χ1v) is 6.47. The number of ether oxygens (including phenoxy) is 2. The molecular weight excluding hydrogens is 282 g/mol. The number of pyridine rings is 1. The number of morpholine rings is 1. The van der Waals surface area contributed by atoms with Crippen molar-refractivity contribution < 1.29 is 14.3 Å². The third-order valence-electron chi connectivity index (χ3n) is 2.99. The molecule has 1 aromatic heterocycles. The van der Waals surface area contributed by atoms with E-state index in [1.807, 2.05) is 17.9 Å². The molecule has 1 fully saturated rings. The van der Waals surface area contributed by atoms with Crippen LogP contribution in [-0.4, -0.2) is 43.4 Å². The van der Waals surface area contributed by atoms with Crippen LogP contribution in [0.15, 0.2) is 12.1 Å². The third kappa shape index (κ3) is 3.00. The standard InChI is InChI=1S/C13H14ClN3O3/c1-8-6-17(7-11(20-8)13(18)19-2)12-4-3-9(14)10(5-15)16-12/h3-4,8,11H,6-7H2,1-2H3/t8-,11?/m1/s1. The van der Waals surface area contributed by atoms with Crippen molar-refractivity contribution in [3.8, 4) is 6.07 Å². The number of methoxy groups -OCH3 is 1. The predicted octanol–water partition coefficient (Wildman–Crippen LogP) is 1.37. The van der Waals surface area contributed by atoms with Gasteiger partial charge in [-0.05, 0) is 19.1 Å². The SMILES string of the molecule is COC(=O)C1CN(c2ccc(Cl)c(C#N)n2)C[C@@H](C)O1. The lowest BCUT2D eigenvalue weighted by Gasteiger charge is -2.36. The Morgan fingerprint density at radius 3 is 3.00 bits per heavy atom. The second-order valence-electron chi connectivity index (χ2n) is 4.48. The van der Waals surface area contributed by atoms with Crippen molar-refractivity contribution in [3.63, 3.8) is 0 Å². The number of rotatable bonds is 2. The Bertz CT molecular complexity index is 558. The van der Waals surface area contributed by atoms with Gasteiger partial charge >= 0.3 is 5.97 Å². The van der Waals surface area contributed by atoms with E-state index in [9.17, 15) is 4.79 Å². The van der Waals surface area contributed by atoms with E-state index in [1.165, 1.54) is 7.11 Å². The van der Waals surface area contributed by atoms with Crippen LogP contribution in [0.5, 0.6) is 0 Å². The molecule has 1 aliphatic rings. The summed E-state index contributed by atoms with van der Waals surface area (Å²) in [5.74, 6) is 0.172. The summed E-state index contributed by atoms with van der Waals surface area (Å²) in [5, 5.41) is 9.26. The summed E-state index contributed by atoms with van der Waals surface area (Å²) >= 11 is 5.86. The van der Waals surface area contributed by atoms with Crippen molar-refractivity contribution in [1.29, 1.82) is 5.26 Å². The molecule has 0 N–H and O–H groups in total. The first kappa shape index (κ1) is 14.6. The fourth-order valence-corrected chi connectivity index (χ4v) is 2.23. The van der Waals surface area contributed by atoms with E-state index in [2.05, 4.69) is 4.98 Å². The van der Waals surface area contributed by atoms with E-state index < -0.39 is 12.1 Å². The van der Waals surface area contributed by atoms with Crippen LogP contribution in [0.3, 0.4) is 0 Å². The zero-order valence-electron chi connectivity index (χ0n) is 11.2. The van der Waals surface area contributed by atoms with E-state index in [0.29, 0.717) is 23.9 Å². The number of halogens is 1. The number of nitrogens with zero attached hydrogens (tertiary/aromatic N) is 3. The lowest BCUT2D eigenvalue weighted by molar-refractivity contribution is -0.158. The van der Waals surface area contributed by atoms with Crippen molar-refractivity contribution in [2.24, 2.45) is 0 Å². The highest BCUT2D eigenvalue weighted by Crippen LogP contribution is 2.22. The van der Waals surface area contributed by atoms with Gasteiger partial charge in [0.2, 0.25) is 0 Å². The molecule has 7 heteroatoms. The van der Waals surface area contributed by atoms with Crippen molar-refractivity contribution in [2.45, 2.75) is 19.1 Å². The smallest absolute Gasteiger partial charge is 0.336 e. The fraction of sp³-hybridized carbons (Fsp3) is 0.462. The molecule has 0 aliphatic carbocycles. The van der Waals surface area contributed by atoms with Crippen LogP contribution in [0.1, 0.15) is 12.6 Å². The fourth-order valence-electron chi connectivity index (χ4n) is 2.09. The molecule has 20 heavy (non-hydrogen) atoms. The maximum atomic E-state index is 11.6. The molecule has 1 unspecified atom stereocenters. The molecule has 0 amide bonds. The number of anilines is 1. The topological polar surface area (TPSA) is 75.5 Å². The number of esters is 1. The molecule has 2 rings (SSSR count). The summed E-state index contributed by atoms with van der Waals surface area (Å²) in [7, 11) is 1.32. The quantitative estimate of drug-likeness (QED) is 0.767. The number of aromatic nitrogens is 1. The molecular formula is C13H14ClN3O3. The minimum Gasteiger partial charge on any atom is -0.467 e. The number of hydrogen-bond donors (Lipinski definition) is 0.